The molecule has 0 aromatic heterocycles. The van der Waals surface area contributed by atoms with E-state index in [1.54, 1.807) is 0 Å². The van der Waals surface area contributed by atoms with E-state index in [9.17, 15) is 20.0 Å². The quantitative estimate of drug-likeness (QED) is 0.620. The van der Waals surface area contributed by atoms with E-state index in [4.69, 9.17) is 5.11 Å². The largest absolute Gasteiger partial charge is 0.465 e. The molecule has 7 nitrogen and oxygen atoms in total. The van der Waals surface area contributed by atoms with Crippen molar-refractivity contribution in [2.45, 2.75) is 25.1 Å². The minimum atomic E-state index is -1.31. The maximum absolute atomic E-state index is 11.2. The zero-order chi connectivity index (χ0) is 14.0. The molecule has 2 atom stereocenters. The monoisotopic (exact) mass is 266 g/mol. The van der Waals surface area contributed by atoms with E-state index >= 15 is 0 Å². The Morgan fingerprint density at radius 1 is 1.47 bits per heavy atom. The van der Waals surface area contributed by atoms with E-state index in [0.29, 0.717) is 0 Å². The van der Waals surface area contributed by atoms with Gasteiger partial charge in [0.05, 0.1) is 6.04 Å². The number of hydrogen-bond acceptors (Lipinski definition) is 4. The first-order valence-corrected chi connectivity index (χ1v) is 5.85. The summed E-state index contributed by atoms with van der Waals surface area (Å²) in [6.45, 7) is -0.512. The van der Waals surface area contributed by atoms with Crippen molar-refractivity contribution in [2.75, 3.05) is 6.54 Å². The Bertz CT molecular complexity index is 505. The number of carbonyl (C=O) groups is 1. The maximum atomic E-state index is 11.2. The van der Waals surface area contributed by atoms with E-state index in [1.807, 2.05) is 24.3 Å². The molecule has 0 bridgehead atoms. The normalized spacial score (nSPS) is 19.6. The molecule has 0 aliphatic carbocycles. The Labute approximate surface area is 109 Å². The van der Waals surface area contributed by atoms with Crippen molar-refractivity contribution >= 4 is 6.09 Å². The van der Waals surface area contributed by atoms with Crippen LogP contribution >= 0.6 is 0 Å². The van der Waals surface area contributed by atoms with Crippen LogP contribution in [-0.4, -0.2) is 44.8 Å². The number of carboxylic acid groups (broad SMARTS) is 1. The van der Waals surface area contributed by atoms with Crippen LogP contribution in [0.15, 0.2) is 24.3 Å². The van der Waals surface area contributed by atoms with Gasteiger partial charge in [-0.2, -0.15) is 0 Å². The van der Waals surface area contributed by atoms with Gasteiger partial charge < -0.3 is 10.2 Å². The van der Waals surface area contributed by atoms with E-state index in [-0.39, 0.29) is 13.0 Å². The molecule has 1 aromatic rings. The van der Waals surface area contributed by atoms with Gasteiger partial charge in [-0.15, -0.1) is 0 Å². The van der Waals surface area contributed by atoms with Crippen LogP contribution in [0.3, 0.4) is 0 Å². The molecule has 1 aromatic carbocycles. The lowest BCUT2D eigenvalue weighted by molar-refractivity contribution is -0.491. The number of aliphatic hydroxyl groups is 1. The molecule has 1 amide bonds. The molecule has 2 N–H and O–H groups in total. The second kappa shape index (κ2) is 5.23. The van der Waals surface area contributed by atoms with Crippen LogP contribution in [-0.2, 0) is 13.0 Å². The molecule has 1 heterocycles. The van der Waals surface area contributed by atoms with Gasteiger partial charge in [0.2, 0.25) is 6.54 Å². The Morgan fingerprint density at radius 3 is 2.68 bits per heavy atom. The van der Waals surface area contributed by atoms with E-state index in [1.165, 1.54) is 0 Å². The van der Waals surface area contributed by atoms with Gasteiger partial charge in [-0.05, 0) is 17.5 Å². The summed E-state index contributed by atoms with van der Waals surface area (Å²) in [5, 5.41) is 29.5. The molecule has 7 heteroatoms. The average Bonchev–Trinajstić information content (AvgIpc) is 2.36. The van der Waals surface area contributed by atoms with E-state index in [2.05, 4.69) is 0 Å². The molecule has 102 valence electrons. The standard InChI is InChI=1S/C12H14N2O5/c15-11(7-14(18)19)10-5-8-3-1-2-4-9(8)6-13(10)12(16)17/h1-4,10-11,15H,5-7H2,(H,16,17)/t10-,11-/m0/s1. The third-order valence-electron chi connectivity index (χ3n) is 3.31. The Morgan fingerprint density at radius 2 is 2.11 bits per heavy atom. The lowest BCUT2D eigenvalue weighted by atomic mass is 9.91. The Kier molecular flexibility index (Phi) is 3.66. The fraction of sp³-hybridized carbons (Fsp3) is 0.417. The smallest absolute Gasteiger partial charge is 0.407 e. The van der Waals surface area contributed by atoms with Gasteiger partial charge >= 0.3 is 6.09 Å². The molecule has 1 aliphatic heterocycles. The number of amides is 1. The summed E-state index contributed by atoms with van der Waals surface area (Å²) in [7, 11) is 0. The third kappa shape index (κ3) is 2.82. The summed E-state index contributed by atoms with van der Waals surface area (Å²) in [6, 6.07) is 6.53. The number of hydrogen-bond donors (Lipinski definition) is 2. The molecule has 2 rings (SSSR count). The zero-order valence-corrected chi connectivity index (χ0v) is 10.1. The predicted molar refractivity (Wildman–Crippen MR) is 65.4 cm³/mol. The molecular formula is C12H14N2O5. The summed E-state index contributed by atoms with van der Waals surface area (Å²) >= 11 is 0. The van der Waals surface area contributed by atoms with Gasteiger partial charge in [-0.3, -0.25) is 15.0 Å². The molecule has 0 fully saturated rings. The summed E-state index contributed by atoms with van der Waals surface area (Å²) in [5.74, 6) is 0. The maximum Gasteiger partial charge on any atom is 0.407 e. The first-order chi connectivity index (χ1) is 8.99. The molecule has 0 saturated carbocycles. The molecule has 0 saturated heterocycles. The van der Waals surface area contributed by atoms with E-state index in [0.717, 1.165) is 16.0 Å². The van der Waals surface area contributed by atoms with Crippen LogP contribution in [0.25, 0.3) is 0 Å². The Hall–Kier alpha value is -2.15. The summed E-state index contributed by atoms with van der Waals surface area (Å²) in [5.41, 5.74) is 1.79. The van der Waals surface area contributed by atoms with Gasteiger partial charge in [0, 0.05) is 11.5 Å². The fourth-order valence-corrected chi connectivity index (χ4v) is 2.37. The topological polar surface area (TPSA) is 104 Å². The molecular weight excluding hydrogens is 252 g/mol. The van der Waals surface area contributed by atoms with Crippen molar-refractivity contribution in [1.29, 1.82) is 0 Å². The van der Waals surface area contributed by atoms with Crippen LogP contribution in [0.5, 0.6) is 0 Å². The van der Waals surface area contributed by atoms with Crippen LogP contribution in [0.2, 0.25) is 0 Å². The number of aliphatic hydroxyl groups excluding tert-OH is 1. The lowest BCUT2D eigenvalue weighted by Gasteiger charge is -2.36. The second-order valence-corrected chi connectivity index (χ2v) is 4.53. The number of nitro groups is 1. The van der Waals surface area contributed by atoms with Crippen LogP contribution in [0, 0.1) is 10.1 Å². The third-order valence-corrected chi connectivity index (χ3v) is 3.31. The highest BCUT2D eigenvalue weighted by Gasteiger charge is 2.36. The minimum absolute atomic E-state index is 0.144. The molecule has 0 radical (unpaired) electrons. The van der Waals surface area contributed by atoms with Crippen molar-refractivity contribution in [3.63, 3.8) is 0 Å². The van der Waals surface area contributed by atoms with Crippen molar-refractivity contribution in [2.24, 2.45) is 0 Å². The number of nitrogens with zero attached hydrogens (tertiary/aromatic N) is 2. The second-order valence-electron chi connectivity index (χ2n) is 4.53. The van der Waals surface area contributed by atoms with Crippen LogP contribution in [0.4, 0.5) is 4.79 Å². The van der Waals surface area contributed by atoms with Crippen molar-refractivity contribution < 1.29 is 19.9 Å². The van der Waals surface area contributed by atoms with Crippen molar-refractivity contribution in [1.82, 2.24) is 4.90 Å². The Balaban J connectivity index is 2.26. The molecule has 1 aliphatic rings. The van der Waals surface area contributed by atoms with Gasteiger partial charge in [-0.25, -0.2) is 4.79 Å². The predicted octanol–water partition coefficient (Wildman–Crippen LogP) is 0.729. The highest BCUT2D eigenvalue weighted by atomic mass is 16.6. The van der Waals surface area contributed by atoms with Gasteiger partial charge in [0.15, 0.2) is 0 Å². The molecule has 19 heavy (non-hydrogen) atoms. The van der Waals surface area contributed by atoms with Crippen molar-refractivity contribution in [3.05, 3.63) is 45.5 Å². The molecule has 0 spiro atoms. The number of fused-ring (bicyclic) bond motifs is 1. The first kappa shape index (κ1) is 13.3. The fourth-order valence-electron chi connectivity index (χ4n) is 2.37. The summed E-state index contributed by atoms with van der Waals surface area (Å²) in [4.78, 5) is 22.1. The number of rotatable bonds is 3. The van der Waals surface area contributed by atoms with Gasteiger partial charge in [-0.1, -0.05) is 24.3 Å². The van der Waals surface area contributed by atoms with Crippen LogP contribution in [0.1, 0.15) is 11.1 Å². The highest BCUT2D eigenvalue weighted by molar-refractivity contribution is 5.66. The van der Waals surface area contributed by atoms with E-state index < -0.39 is 29.7 Å². The zero-order valence-electron chi connectivity index (χ0n) is 10.1. The van der Waals surface area contributed by atoms with Gasteiger partial charge in [0.1, 0.15) is 6.10 Å². The first-order valence-electron chi connectivity index (χ1n) is 5.85. The van der Waals surface area contributed by atoms with Crippen molar-refractivity contribution in [3.8, 4) is 0 Å². The lowest BCUT2D eigenvalue weighted by Crippen LogP contribution is -2.51. The highest BCUT2D eigenvalue weighted by Crippen LogP contribution is 2.25. The number of benzene rings is 1. The van der Waals surface area contributed by atoms with Gasteiger partial charge in [0.25, 0.3) is 0 Å². The SMILES string of the molecule is O=C(O)N1Cc2ccccc2C[C@H]1[C@@H](O)C[N+](=O)[O-]. The minimum Gasteiger partial charge on any atom is -0.465 e. The average molecular weight is 266 g/mol. The summed E-state index contributed by atoms with van der Waals surface area (Å²) in [6.07, 6.45) is -2.20. The molecule has 0 unspecified atom stereocenters. The summed E-state index contributed by atoms with van der Waals surface area (Å²) < 4.78 is 0. The van der Waals surface area contributed by atoms with Crippen LogP contribution < -0.4 is 0 Å².